The topological polar surface area (TPSA) is 87.5 Å². The Labute approximate surface area is 180 Å². The number of fused-ring (bicyclic) bond motifs is 1. The third-order valence-corrected chi connectivity index (χ3v) is 5.67. The first-order valence-corrected chi connectivity index (χ1v) is 9.98. The minimum absolute atomic E-state index is 0. The molecule has 2 aromatic heterocycles. The van der Waals surface area contributed by atoms with Crippen molar-refractivity contribution in [2.45, 2.75) is 13.0 Å². The van der Waals surface area contributed by atoms with Crippen molar-refractivity contribution in [1.29, 1.82) is 0 Å². The van der Waals surface area contributed by atoms with Crippen LogP contribution in [0.4, 0.5) is 14.5 Å². The summed E-state index contributed by atoms with van der Waals surface area (Å²) in [7, 11) is 0. The molecule has 0 spiro atoms. The van der Waals surface area contributed by atoms with E-state index in [-0.39, 0.29) is 35.5 Å². The Kier molecular flexibility index (Phi) is 6.69. The number of pyridine rings is 1. The zero-order chi connectivity index (χ0) is 20.5. The molecular weight excluding hydrogens is 438 g/mol. The Bertz CT molecular complexity index is 1130. The highest BCUT2D eigenvalue weighted by molar-refractivity contribution is 7.09. The lowest BCUT2D eigenvalue weighted by Gasteiger charge is -2.25. The molecule has 1 saturated heterocycles. The standard InChI is InChI=1S/C19H18F2N4O3S.ClH/c20-13-8-11-16(15(21)17(13)24-5-1-2-22-3-6-24)25(10-14-23-4-7-29-14)9-12(18(11)26)19(27)28;/h4,7-9,22H,1-3,5-6,10H2,(H,27,28);1H. The van der Waals surface area contributed by atoms with E-state index in [1.54, 1.807) is 16.5 Å². The monoisotopic (exact) mass is 456 g/mol. The van der Waals surface area contributed by atoms with E-state index in [4.69, 9.17) is 0 Å². The van der Waals surface area contributed by atoms with Crippen molar-refractivity contribution in [2.75, 3.05) is 31.1 Å². The molecule has 0 amide bonds. The maximum absolute atomic E-state index is 15.6. The van der Waals surface area contributed by atoms with Crippen molar-refractivity contribution in [2.24, 2.45) is 0 Å². The summed E-state index contributed by atoms with van der Waals surface area (Å²) < 4.78 is 31.9. The van der Waals surface area contributed by atoms with Gasteiger partial charge >= 0.3 is 5.97 Å². The van der Waals surface area contributed by atoms with Crippen LogP contribution in [-0.2, 0) is 6.54 Å². The van der Waals surface area contributed by atoms with Crippen molar-refractivity contribution < 1.29 is 18.7 Å². The van der Waals surface area contributed by atoms with Gasteiger partial charge in [-0.2, -0.15) is 0 Å². The number of nitrogens with one attached hydrogen (secondary N) is 1. The van der Waals surface area contributed by atoms with Gasteiger partial charge in [0.15, 0.2) is 5.82 Å². The largest absolute Gasteiger partial charge is 0.477 e. The molecule has 1 aromatic carbocycles. The fourth-order valence-electron chi connectivity index (χ4n) is 3.59. The lowest BCUT2D eigenvalue weighted by Crippen LogP contribution is -2.30. The Balaban J connectivity index is 0.00000256. The summed E-state index contributed by atoms with van der Waals surface area (Å²) in [6, 6.07) is 0.944. The molecule has 1 aliphatic rings. The number of nitrogens with zero attached hydrogens (tertiary/aromatic N) is 3. The summed E-state index contributed by atoms with van der Waals surface area (Å²) in [5.41, 5.74) is -1.77. The Morgan fingerprint density at radius 1 is 1.30 bits per heavy atom. The fraction of sp³-hybridized carbons (Fsp3) is 0.316. The predicted molar refractivity (Wildman–Crippen MR) is 113 cm³/mol. The van der Waals surface area contributed by atoms with Crippen LogP contribution in [-0.4, -0.2) is 46.8 Å². The number of carboxylic acid groups (broad SMARTS) is 1. The summed E-state index contributed by atoms with van der Waals surface area (Å²) in [4.78, 5) is 29.9. The first-order valence-electron chi connectivity index (χ1n) is 9.10. The van der Waals surface area contributed by atoms with Gasteiger partial charge in [-0.25, -0.2) is 18.6 Å². The summed E-state index contributed by atoms with van der Waals surface area (Å²) in [5.74, 6) is -3.20. The number of hydrogen-bond acceptors (Lipinski definition) is 6. The molecule has 3 heterocycles. The van der Waals surface area contributed by atoms with Crippen molar-refractivity contribution in [1.82, 2.24) is 14.9 Å². The minimum Gasteiger partial charge on any atom is -0.477 e. The smallest absolute Gasteiger partial charge is 0.341 e. The second kappa shape index (κ2) is 9.07. The molecule has 0 bridgehead atoms. The van der Waals surface area contributed by atoms with Gasteiger partial charge in [0.2, 0.25) is 5.43 Å². The van der Waals surface area contributed by atoms with Crippen LogP contribution in [0.2, 0.25) is 0 Å². The van der Waals surface area contributed by atoms with E-state index in [2.05, 4.69) is 10.3 Å². The van der Waals surface area contributed by atoms with Crippen LogP contribution in [0.1, 0.15) is 21.8 Å². The van der Waals surface area contributed by atoms with E-state index >= 15 is 4.39 Å². The lowest BCUT2D eigenvalue weighted by molar-refractivity contribution is 0.0695. The fourth-order valence-corrected chi connectivity index (χ4v) is 4.20. The number of carbonyl (C=O) groups is 1. The molecule has 160 valence electrons. The zero-order valence-corrected chi connectivity index (χ0v) is 17.4. The van der Waals surface area contributed by atoms with Gasteiger partial charge in [0.1, 0.15) is 22.1 Å². The Morgan fingerprint density at radius 2 is 2.10 bits per heavy atom. The van der Waals surface area contributed by atoms with Crippen molar-refractivity contribution in [3.05, 3.63) is 56.3 Å². The van der Waals surface area contributed by atoms with Crippen LogP contribution in [0.25, 0.3) is 10.9 Å². The molecule has 0 aliphatic carbocycles. The predicted octanol–water partition coefficient (Wildman–Crippen LogP) is 2.70. The van der Waals surface area contributed by atoms with Gasteiger partial charge in [-0.3, -0.25) is 4.79 Å². The molecule has 4 rings (SSSR count). The number of thiazole rings is 1. The Hall–Kier alpha value is -2.56. The number of halogens is 3. The quantitative estimate of drug-likeness (QED) is 0.627. The molecule has 7 nitrogen and oxygen atoms in total. The molecule has 0 radical (unpaired) electrons. The van der Waals surface area contributed by atoms with Gasteiger partial charge in [0.25, 0.3) is 0 Å². The Morgan fingerprint density at radius 3 is 2.80 bits per heavy atom. The van der Waals surface area contributed by atoms with Gasteiger partial charge in [-0.05, 0) is 19.0 Å². The summed E-state index contributed by atoms with van der Waals surface area (Å²) in [6.45, 7) is 2.29. The summed E-state index contributed by atoms with van der Waals surface area (Å²) in [6.07, 6.45) is 3.40. The molecule has 2 N–H and O–H groups in total. The average molecular weight is 457 g/mol. The third-order valence-electron chi connectivity index (χ3n) is 4.91. The molecule has 11 heteroatoms. The van der Waals surface area contributed by atoms with Gasteiger partial charge in [-0.1, -0.05) is 0 Å². The highest BCUT2D eigenvalue weighted by Gasteiger charge is 2.25. The minimum atomic E-state index is -1.45. The van der Waals surface area contributed by atoms with E-state index in [9.17, 15) is 19.1 Å². The molecular formula is C19H19ClF2N4O3S. The second-order valence-corrected chi connectivity index (χ2v) is 7.72. The van der Waals surface area contributed by atoms with Crippen molar-refractivity contribution in [3.8, 4) is 0 Å². The molecule has 0 unspecified atom stereocenters. The van der Waals surface area contributed by atoms with Crippen LogP contribution in [0.15, 0.2) is 28.6 Å². The second-order valence-electron chi connectivity index (χ2n) is 6.74. The average Bonchev–Trinajstić information content (AvgIpc) is 3.04. The highest BCUT2D eigenvalue weighted by atomic mass is 35.5. The molecule has 0 saturated carbocycles. The molecule has 30 heavy (non-hydrogen) atoms. The summed E-state index contributed by atoms with van der Waals surface area (Å²) in [5, 5.41) is 14.6. The lowest BCUT2D eigenvalue weighted by atomic mass is 10.1. The molecule has 1 aliphatic heterocycles. The van der Waals surface area contributed by atoms with E-state index in [0.29, 0.717) is 24.6 Å². The van der Waals surface area contributed by atoms with Crippen LogP contribution in [0.5, 0.6) is 0 Å². The number of aromatic nitrogens is 2. The zero-order valence-electron chi connectivity index (χ0n) is 15.7. The number of carboxylic acids is 1. The number of hydrogen-bond donors (Lipinski definition) is 2. The first-order chi connectivity index (χ1) is 14.0. The van der Waals surface area contributed by atoms with E-state index < -0.39 is 28.6 Å². The highest BCUT2D eigenvalue weighted by Crippen LogP contribution is 2.31. The summed E-state index contributed by atoms with van der Waals surface area (Å²) >= 11 is 1.32. The van der Waals surface area contributed by atoms with Gasteiger partial charge in [-0.15, -0.1) is 23.7 Å². The number of anilines is 1. The SMILES string of the molecule is Cl.O=C(O)c1cn(Cc2nccs2)c2c(F)c(N3CCCNCC3)c(F)cc2c1=O. The van der Waals surface area contributed by atoms with Crippen LogP contribution in [0.3, 0.4) is 0 Å². The normalized spacial score (nSPS) is 14.4. The van der Waals surface area contributed by atoms with Crippen LogP contribution in [0, 0.1) is 11.6 Å². The van der Waals surface area contributed by atoms with Gasteiger partial charge < -0.3 is 19.9 Å². The molecule has 0 atom stereocenters. The first kappa shape index (κ1) is 22.1. The number of rotatable bonds is 4. The third kappa shape index (κ3) is 4.03. The van der Waals surface area contributed by atoms with E-state index in [0.717, 1.165) is 25.2 Å². The van der Waals surface area contributed by atoms with Crippen molar-refractivity contribution >= 4 is 46.3 Å². The van der Waals surface area contributed by atoms with Crippen molar-refractivity contribution in [3.63, 3.8) is 0 Å². The van der Waals surface area contributed by atoms with E-state index in [1.165, 1.54) is 15.9 Å². The molecule has 3 aromatic rings. The van der Waals surface area contributed by atoms with Gasteiger partial charge in [0, 0.05) is 37.4 Å². The molecule has 1 fully saturated rings. The van der Waals surface area contributed by atoms with Crippen LogP contribution < -0.4 is 15.6 Å². The van der Waals surface area contributed by atoms with Gasteiger partial charge in [0.05, 0.1) is 17.4 Å². The number of aromatic carboxylic acids is 1. The van der Waals surface area contributed by atoms with E-state index in [1.807, 2.05) is 0 Å². The van der Waals surface area contributed by atoms with Crippen LogP contribution >= 0.6 is 23.7 Å². The number of benzene rings is 1. The maximum Gasteiger partial charge on any atom is 0.341 e. The maximum atomic E-state index is 15.6.